The third-order valence-electron chi connectivity index (χ3n) is 4.65. The molecule has 4 rings (SSSR count). The van der Waals surface area contributed by atoms with Crippen LogP contribution in [0, 0.1) is 0 Å². The van der Waals surface area contributed by atoms with E-state index in [9.17, 15) is 4.57 Å². The number of benzene rings is 1. The van der Waals surface area contributed by atoms with Crippen molar-refractivity contribution in [3.63, 3.8) is 0 Å². The maximum absolute atomic E-state index is 11.0. The summed E-state index contributed by atoms with van der Waals surface area (Å²) in [6.07, 6.45) is 13.0. The van der Waals surface area contributed by atoms with E-state index in [-0.39, 0.29) is 12.7 Å². The Balaban J connectivity index is 1.47. The van der Waals surface area contributed by atoms with Crippen molar-refractivity contribution >= 4 is 7.60 Å². The molecule has 0 spiro atoms. The molecule has 4 aromatic rings. The second-order valence-electron chi connectivity index (χ2n) is 6.69. The van der Waals surface area contributed by atoms with E-state index in [0.29, 0.717) is 0 Å². The lowest BCUT2D eigenvalue weighted by Crippen LogP contribution is -2.34. The molecule has 1 aromatic carbocycles. The molecule has 7 nitrogen and oxygen atoms in total. The van der Waals surface area contributed by atoms with Gasteiger partial charge in [-0.05, 0) is 23.3 Å². The van der Waals surface area contributed by atoms with Crippen molar-refractivity contribution in [2.75, 3.05) is 6.16 Å². The highest BCUT2D eigenvalue weighted by molar-refractivity contribution is 7.51. The monoisotopic (exact) mass is 408 g/mol. The quantitative estimate of drug-likeness (QED) is 0.379. The lowest BCUT2D eigenvalue weighted by molar-refractivity contribution is -0.692. The third kappa shape index (κ3) is 4.84. The molecule has 0 amide bonds. The molecule has 0 bridgehead atoms. The number of nitrogens with zero attached hydrogens (tertiary/aromatic N) is 4. The van der Waals surface area contributed by atoms with Crippen LogP contribution in [0.3, 0.4) is 0 Å². The minimum Gasteiger partial charge on any atom is -0.324 e. The van der Waals surface area contributed by atoms with Gasteiger partial charge in [0, 0.05) is 54.5 Å². The summed E-state index contributed by atoms with van der Waals surface area (Å²) in [6.45, 7) is 0.286. The van der Waals surface area contributed by atoms with Gasteiger partial charge in [0.2, 0.25) is 5.69 Å². The van der Waals surface area contributed by atoms with Crippen LogP contribution in [0.15, 0.2) is 92.0 Å². The molecule has 0 aliphatic carbocycles. The highest BCUT2D eigenvalue weighted by Gasteiger charge is 2.16. The first-order valence-corrected chi connectivity index (χ1v) is 10.9. The first-order chi connectivity index (χ1) is 14.0. The second-order valence-corrected chi connectivity index (χ2v) is 8.47. The van der Waals surface area contributed by atoms with Crippen molar-refractivity contribution in [2.24, 2.45) is 0 Å². The van der Waals surface area contributed by atoms with Gasteiger partial charge in [0.15, 0.2) is 31.3 Å². The van der Waals surface area contributed by atoms with Crippen LogP contribution in [0.5, 0.6) is 0 Å². The predicted octanol–water partition coefficient (Wildman–Crippen LogP) is 2.28. The number of hydrogen-bond donors (Lipinski definition) is 2. The van der Waals surface area contributed by atoms with E-state index < -0.39 is 7.60 Å². The van der Waals surface area contributed by atoms with E-state index in [0.717, 1.165) is 22.5 Å². The minimum absolute atomic E-state index is 0.165. The van der Waals surface area contributed by atoms with E-state index >= 15 is 0 Å². The van der Waals surface area contributed by atoms with Gasteiger partial charge in [-0.3, -0.25) is 4.57 Å². The van der Waals surface area contributed by atoms with E-state index in [2.05, 4.69) is 17.1 Å². The summed E-state index contributed by atoms with van der Waals surface area (Å²) >= 11 is 0. The summed E-state index contributed by atoms with van der Waals surface area (Å²) in [5.41, 5.74) is 4.22. The Kier molecular flexibility index (Phi) is 5.36. The van der Waals surface area contributed by atoms with Gasteiger partial charge in [0.05, 0.1) is 6.33 Å². The van der Waals surface area contributed by atoms with Gasteiger partial charge in [-0.1, -0.05) is 0 Å². The highest BCUT2D eigenvalue weighted by atomic mass is 31.2. The fraction of sp³-hybridized carbons (Fsp3) is 0.0952. The maximum atomic E-state index is 11.0. The lowest BCUT2D eigenvalue weighted by atomic mass is 10.1. The average Bonchev–Trinajstić information content (AvgIpc) is 3.27. The van der Waals surface area contributed by atoms with Crippen molar-refractivity contribution < 1.29 is 23.5 Å². The van der Waals surface area contributed by atoms with Crippen molar-refractivity contribution in [3.05, 3.63) is 92.0 Å². The Labute approximate surface area is 168 Å². The van der Waals surface area contributed by atoms with E-state index in [1.807, 2.05) is 76.5 Å². The zero-order chi connectivity index (χ0) is 20.3. The molecule has 0 aliphatic rings. The topological polar surface area (TPSA) is 83.1 Å². The predicted molar refractivity (Wildman–Crippen MR) is 108 cm³/mol. The van der Waals surface area contributed by atoms with Crippen molar-refractivity contribution in [3.8, 4) is 22.5 Å². The molecule has 0 unspecified atom stereocenters. The van der Waals surface area contributed by atoms with Gasteiger partial charge >= 0.3 is 7.60 Å². The molecule has 146 valence electrons. The summed E-state index contributed by atoms with van der Waals surface area (Å²) in [5, 5.41) is 0. The molecule has 0 saturated heterocycles. The minimum atomic E-state index is -3.98. The molecule has 3 aromatic heterocycles. The smallest absolute Gasteiger partial charge is 0.324 e. The van der Waals surface area contributed by atoms with Crippen molar-refractivity contribution in [1.29, 1.82) is 0 Å². The van der Waals surface area contributed by atoms with Gasteiger partial charge in [-0.2, -0.15) is 4.57 Å². The maximum Gasteiger partial charge on any atom is 0.331 e. The molecule has 0 fully saturated rings. The zero-order valence-corrected chi connectivity index (χ0v) is 16.5. The number of aryl methyl sites for hydroxylation is 1. The lowest BCUT2D eigenvalue weighted by Gasteiger charge is -2.03. The van der Waals surface area contributed by atoms with Crippen molar-refractivity contribution in [2.45, 2.75) is 6.54 Å². The summed E-state index contributed by atoms with van der Waals surface area (Å²) in [7, 11) is -3.98. The molecule has 3 heterocycles. The fourth-order valence-corrected chi connectivity index (χ4v) is 3.54. The van der Waals surface area contributed by atoms with Gasteiger partial charge in [-0.15, -0.1) is 0 Å². The second kappa shape index (κ2) is 8.09. The third-order valence-corrected chi connectivity index (χ3v) is 5.44. The molecule has 0 atom stereocenters. The largest absolute Gasteiger partial charge is 0.331 e. The highest BCUT2D eigenvalue weighted by Crippen LogP contribution is 2.33. The Morgan fingerprint density at radius 3 is 2.07 bits per heavy atom. The van der Waals surface area contributed by atoms with E-state index in [4.69, 9.17) is 9.79 Å². The Hall–Kier alpha value is -3.12. The van der Waals surface area contributed by atoms with Crippen LogP contribution in [0.4, 0.5) is 0 Å². The van der Waals surface area contributed by atoms with Crippen LogP contribution < -0.4 is 9.13 Å². The van der Waals surface area contributed by atoms with E-state index in [1.54, 1.807) is 17.1 Å². The molecular weight excluding hydrogens is 387 g/mol. The van der Waals surface area contributed by atoms with Crippen LogP contribution in [-0.2, 0) is 11.1 Å². The fourth-order valence-electron chi connectivity index (χ4n) is 3.04. The van der Waals surface area contributed by atoms with Gasteiger partial charge in [0.1, 0.15) is 6.16 Å². The molecule has 8 heteroatoms. The summed E-state index contributed by atoms with van der Waals surface area (Å²) < 4.78 is 16.8. The number of aromatic nitrogens is 4. The van der Waals surface area contributed by atoms with Gasteiger partial charge < -0.3 is 14.4 Å². The average molecular weight is 408 g/mol. The van der Waals surface area contributed by atoms with Crippen LogP contribution in [0.2, 0.25) is 0 Å². The molecule has 0 radical (unpaired) electrons. The molecule has 0 saturated carbocycles. The van der Waals surface area contributed by atoms with Gasteiger partial charge in [0.25, 0.3) is 0 Å². The standard InChI is InChI=1S/C21H19N4O3P/c26-29(27,28)16-15-23-10-5-18(6-11-23)19-7-12-24(13-8-19)20-1-3-21(4-2-20)25-14-9-22-17-25/h1-14,17H,15-16H2/p+2. The van der Waals surface area contributed by atoms with Crippen LogP contribution >= 0.6 is 7.60 Å². The normalized spacial score (nSPS) is 11.5. The van der Waals surface area contributed by atoms with Gasteiger partial charge in [-0.25, -0.2) is 9.55 Å². The van der Waals surface area contributed by atoms with Crippen LogP contribution in [0.25, 0.3) is 22.5 Å². The summed E-state index contributed by atoms with van der Waals surface area (Å²) in [5.74, 6) is 0. The molecule has 29 heavy (non-hydrogen) atoms. The number of pyridine rings is 2. The summed E-state index contributed by atoms with van der Waals surface area (Å²) in [4.78, 5) is 22.0. The van der Waals surface area contributed by atoms with E-state index in [1.165, 1.54) is 0 Å². The summed E-state index contributed by atoms with van der Waals surface area (Å²) in [6, 6.07) is 16.2. The molecular formula is C21H21N4O3P+2. The number of imidazole rings is 1. The van der Waals surface area contributed by atoms with Crippen molar-refractivity contribution in [1.82, 2.24) is 9.55 Å². The van der Waals surface area contributed by atoms with Crippen LogP contribution in [-0.4, -0.2) is 25.5 Å². The Morgan fingerprint density at radius 2 is 1.52 bits per heavy atom. The first-order valence-electron chi connectivity index (χ1n) is 9.12. The Morgan fingerprint density at radius 1 is 0.897 bits per heavy atom. The molecule has 0 aliphatic heterocycles. The number of rotatable bonds is 6. The number of hydrogen-bond acceptors (Lipinski definition) is 2. The Bertz CT molecular complexity index is 1120. The SMILES string of the molecule is O=P(O)(O)CC[n+]1ccc(-c2cc[n+](-c3ccc(-n4ccnc4)cc3)cc2)cc1. The zero-order valence-electron chi connectivity index (χ0n) is 15.6. The first kappa shape index (κ1) is 19.2. The van der Waals surface area contributed by atoms with Crippen LogP contribution in [0.1, 0.15) is 0 Å². The molecule has 2 N–H and O–H groups in total.